The number of likely N-dealkylation sites (tertiary alicyclic amines) is 1. The van der Waals surface area contributed by atoms with Crippen molar-refractivity contribution in [1.29, 1.82) is 0 Å². The normalized spacial score (nSPS) is 23.4. The third kappa shape index (κ3) is 4.36. The third-order valence-corrected chi connectivity index (χ3v) is 6.33. The summed E-state index contributed by atoms with van der Waals surface area (Å²) < 4.78 is 5.87. The Hall–Kier alpha value is -2.41. The Bertz CT molecular complexity index is 875. The largest absolute Gasteiger partial charge is 0.390 e. The molecule has 0 aromatic heterocycles. The topological polar surface area (TPSA) is 82.0 Å². The second-order valence-electron chi connectivity index (χ2n) is 8.43. The standard InChI is InChI=1S/C24H30N2O4/c1-17-5-7-18(8-6-17)16-25-20-4-2-3-19(15-20)23(29)26-12-10-24(11-13-26)22(28)21(27)9-14-30-24/h2-8,15,21-22,25,27-28H,9-14,16H2,1H3/t21-,22-/m0/s1. The number of aliphatic hydroxyl groups excluding tert-OH is 2. The van der Waals surface area contributed by atoms with Crippen molar-refractivity contribution in [2.45, 2.75) is 50.5 Å². The average molecular weight is 411 g/mol. The van der Waals surface area contributed by atoms with Gasteiger partial charge in [-0.05, 0) is 49.9 Å². The highest BCUT2D eigenvalue weighted by molar-refractivity contribution is 5.95. The molecule has 2 aromatic rings. The number of hydrogen-bond donors (Lipinski definition) is 3. The smallest absolute Gasteiger partial charge is 0.253 e. The summed E-state index contributed by atoms with van der Waals surface area (Å²) in [5, 5.41) is 23.8. The highest BCUT2D eigenvalue weighted by Crippen LogP contribution is 2.35. The van der Waals surface area contributed by atoms with Gasteiger partial charge in [0.1, 0.15) is 6.10 Å². The Labute approximate surface area is 177 Å². The zero-order chi connectivity index (χ0) is 21.1. The fourth-order valence-corrected chi connectivity index (χ4v) is 4.36. The van der Waals surface area contributed by atoms with E-state index in [1.54, 1.807) is 4.90 Å². The minimum atomic E-state index is -0.891. The van der Waals surface area contributed by atoms with Crippen LogP contribution in [0.15, 0.2) is 48.5 Å². The van der Waals surface area contributed by atoms with E-state index >= 15 is 0 Å². The lowest BCUT2D eigenvalue weighted by Crippen LogP contribution is -2.60. The summed E-state index contributed by atoms with van der Waals surface area (Å²) in [6.45, 7) is 4.22. The summed E-state index contributed by atoms with van der Waals surface area (Å²) >= 11 is 0. The van der Waals surface area contributed by atoms with E-state index in [-0.39, 0.29) is 5.91 Å². The highest BCUT2D eigenvalue weighted by atomic mass is 16.5. The number of ether oxygens (including phenoxy) is 1. The van der Waals surface area contributed by atoms with Crippen molar-refractivity contribution in [2.75, 3.05) is 25.0 Å². The van der Waals surface area contributed by atoms with Crippen LogP contribution in [0.1, 0.15) is 40.7 Å². The lowest BCUT2D eigenvalue weighted by Gasteiger charge is -2.48. The number of aryl methyl sites for hydroxylation is 1. The van der Waals surface area contributed by atoms with Crippen LogP contribution < -0.4 is 5.32 Å². The van der Waals surface area contributed by atoms with Gasteiger partial charge in [-0.25, -0.2) is 0 Å². The van der Waals surface area contributed by atoms with E-state index < -0.39 is 17.8 Å². The van der Waals surface area contributed by atoms with Gasteiger partial charge in [-0.3, -0.25) is 4.79 Å². The average Bonchev–Trinajstić information content (AvgIpc) is 2.77. The van der Waals surface area contributed by atoms with Crippen molar-refractivity contribution < 1.29 is 19.7 Å². The Morgan fingerprint density at radius 2 is 1.90 bits per heavy atom. The third-order valence-electron chi connectivity index (χ3n) is 6.33. The lowest BCUT2D eigenvalue weighted by atomic mass is 9.80. The molecule has 2 fully saturated rings. The van der Waals surface area contributed by atoms with E-state index in [4.69, 9.17) is 4.74 Å². The van der Waals surface area contributed by atoms with Gasteiger partial charge in [0.15, 0.2) is 0 Å². The molecule has 1 amide bonds. The van der Waals surface area contributed by atoms with Crippen molar-refractivity contribution in [1.82, 2.24) is 4.90 Å². The maximum Gasteiger partial charge on any atom is 0.253 e. The fraction of sp³-hybridized carbons (Fsp3) is 0.458. The van der Waals surface area contributed by atoms with Crippen LogP contribution in [0, 0.1) is 6.92 Å². The zero-order valence-corrected chi connectivity index (χ0v) is 17.4. The number of nitrogens with one attached hydrogen (secondary N) is 1. The van der Waals surface area contributed by atoms with E-state index in [1.165, 1.54) is 11.1 Å². The van der Waals surface area contributed by atoms with Crippen molar-refractivity contribution in [3.63, 3.8) is 0 Å². The molecule has 160 valence electrons. The first-order valence-electron chi connectivity index (χ1n) is 10.7. The number of piperidine rings is 1. The molecule has 4 rings (SSSR count). The molecule has 0 bridgehead atoms. The zero-order valence-electron chi connectivity index (χ0n) is 17.4. The van der Waals surface area contributed by atoms with Crippen molar-refractivity contribution in [3.05, 3.63) is 65.2 Å². The molecule has 6 heteroatoms. The monoisotopic (exact) mass is 410 g/mol. The molecule has 2 saturated heterocycles. The minimum Gasteiger partial charge on any atom is -0.390 e. The van der Waals surface area contributed by atoms with Gasteiger partial charge < -0.3 is 25.2 Å². The molecule has 0 radical (unpaired) electrons. The number of amides is 1. The van der Waals surface area contributed by atoms with Gasteiger partial charge in [-0.15, -0.1) is 0 Å². The van der Waals surface area contributed by atoms with Gasteiger partial charge in [0.2, 0.25) is 0 Å². The molecule has 0 saturated carbocycles. The predicted molar refractivity (Wildman–Crippen MR) is 115 cm³/mol. The van der Waals surface area contributed by atoms with E-state index in [0.29, 0.717) is 51.1 Å². The van der Waals surface area contributed by atoms with Crippen LogP contribution in [0.4, 0.5) is 5.69 Å². The van der Waals surface area contributed by atoms with Crippen molar-refractivity contribution in [2.24, 2.45) is 0 Å². The SMILES string of the molecule is Cc1ccc(CNc2cccc(C(=O)N3CCC4(CC3)OCC[C@H](O)[C@@H]4O)c2)cc1. The summed E-state index contributed by atoms with van der Waals surface area (Å²) in [5.74, 6) is -0.0188. The first kappa shape index (κ1) is 20.8. The molecule has 3 N–H and O–H groups in total. The van der Waals surface area contributed by atoms with Crippen LogP contribution in [0.2, 0.25) is 0 Å². The summed E-state index contributed by atoms with van der Waals surface area (Å²) in [4.78, 5) is 14.8. The molecule has 2 atom stereocenters. The van der Waals surface area contributed by atoms with Crippen LogP contribution in [0.3, 0.4) is 0 Å². The highest BCUT2D eigenvalue weighted by Gasteiger charge is 2.48. The summed E-state index contributed by atoms with van der Waals surface area (Å²) in [6.07, 6.45) is -0.131. The molecular weight excluding hydrogens is 380 g/mol. The molecule has 1 spiro atoms. The first-order valence-corrected chi connectivity index (χ1v) is 10.7. The number of hydrogen-bond acceptors (Lipinski definition) is 5. The Morgan fingerprint density at radius 1 is 1.17 bits per heavy atom. The summed E-state index contributed by atoms with van der Waals surface area (Å²) in [7, 11) is 0. The molecule has 0 aliphatic carbocycles. The van der Waals surface area contributed by atoms with E-state index in [1.807, 2.05) is 24.3 Å². The Morgan fingerprint density at radius 3 is 2.63 bits per heavy atom. The van der Waals surface area contributed by atoms with E-state index in [9.17, 15) is 15.0 Å². The molecule has 30 heavy (non-hydrogen) atoms. The number of rotatable bonds is 4. The van der Waals surface area contributed by atoms with Gasteiger partial charge >= 0.3 is 0 Å². The molecule has 2 aromatic carbocycles. The number of carbonyl (C=O) groups excluding carboxylic acids is 1. The molecule has 2 heterocycles. The second kappa shape index (κ2) is 8.76. The lowest BCUT2D eigenvalue weighted by molar-refractivity contribution is -0.212. The molecule has 6 nitrogen and oxygen atoms in total. The first-order chi connectivity index (χ1) is 14.5. The van der Waals surface area contributed by atoms with Gasteiger partial charge in [0.05, 0.1) is 18.3 Å². The number of aliphatic hydroxyl groups is 2. The quantitative estimate of drug-likeness (QED) is 0.722. The summed E-state index contributed by atoms with van der Waals surface area (Å²) in [6, 6.07) is 15.9. The van der Waals surface area contributed by atoms with Crippen LogP contribution in [-0.2, 0) is 11.3 Å². The maximum absolute atomic E-state index is 13.0. The van der Waals surface area contributed by atoms with E-state index in [0.717, 1.165) is 5.69 Å². The predicted octanol–water partition coefficient (Wildman–Crippen LogP) is 2.72. The minimum absolute atomic E-state index is 0.0188. The van der Waals surface area contributed by atoms with Gasteiger partial charge in [-0.2, -0.15) is 0 Å². The van der Waals surface area contributed by atoms with Gasteiger partial charge in [-0.1, -0.05) is 35.9 Å². The second-order valence-corrected chi connectivity index (χ2v) is 8.43. The molecule has 2 aliphatic heterocycles. The van der Waals surface area contributed by atoms with Crippen molar-refractivity contribution >= 4 is 11.6 Å². The number of benzene rings is 2. The van der Waals surface area contributed by atoms with Crippen LogP contribution in [0.5, 0.6) is 0 Å². The molecule has 0 unspecified atom stereocenters. The van der Waals surface area contributed by atoms with Crippen molar-refractivity contribution in [3.8, 4) is 0 Å². The van der Waals surface area contributed by atoms with Gasteiger partial charge in [0.25, 0.3) is 5.91 Å². The van der Waals surface area contributed by atoms with Crippen LogP contribution in [0.25, 0.3) is 0 Å². The van der Waals surface area contributed by atoms with E-state index in [2.05, 4.69) is 36.5 Å². The van der Waals surface area contributed by atoms with Gasteiger partial charge in [0, 0.05) is 30.9 Å². The van der Waals surface area contributed by atoms with Crippen LogP contribution >= 0.6 is 0 Å². The number of carbonyl (C=O) groups is 1. The number of nitrogens with zero attached hydrogens (tertiary/aromatic N) is 1. The number of anilines is 1. The molecule has 2 aliphatic rings. The molecular formula is C24H30N2O4. The fourth-order valence-electron chi connectivity index (χ4n) is 4.36. The summed E-state index contributed by atoms with van der Waals surface area (Å²) in [5.41, 5.74) is 3.24. The Balaban J connectivity index is 1.37. The Kier molecular flexibility index (Phi) is 6.09. The van der Waals surface area contributed by atoms with Crippen LogP contribution in [-0.4, -0.2) is 58.5 Å². The maximum atomic E-state index is 13.0.